The molecule has 2 aliphatic rings. The lowest BCUT2D eigenvalue weighted by molar-refractivity contribution is -0.179. The Kier molecular flexibility index (Phi) is 2.28. The van der Waals surface area contributed by atoms with Gasteiger partial charge in [-0.3, -0.25) is 0 Å². The van der Waals surface area contributed by atoms with Gasteiger partial charge in [-0.2, -0.15) is 0 Å². The van der Waals surface area contributed by atoms with Crippen molar-refractivity contribution in [2.24, 2.45) is 5.92 Å². The molecule has 0 aliphatic carbocycles. The van der Waals surface area contributed by atoms with Gasteiger partial charge >= 0.3 is 5.97 Å². The Bertz CT molecular complexity index is 335. The van der Waals surface area contributed by atoms with Crippen molar-refractivity contribution in [2.45, 2.75) is 18.3 Å². The van der Waals surface area contributed by atoms with Gasteiger partial charge in [-0.1, -0.05) is 6.08 Å². The van der Waals surface area contributed by atoms with Crippen LogP contribution in [0.2, 0.25) is 0 Å². The van der Waals surface area contributed by atoms with Gasteiger partial charge in [0.25, 0.3) is 0 Å². The van der Waals surface area contributed by atoms with Crippen LogP contribution < -0.4 is 0 Å². The average molecular weight is 212 g/mol. The second-order valence-electron chi connectivity index (χ2n) is 3.63. The zero-order valence-electron chi connectivity index (χ0n) is 8.05. The molecule has 0 aromatic heterocycles. The molecular weight excluding hydrogens is 200 g/mol. The maximum absolute atomic E-state index is 11.4. The summed E-state index contributed by atoms with van der Waals surface area (Å²) in [6, 6.07) is 0. The van der Waals surface area contributed by atoms with Gasteiger partial charge in [0.1, 0.15) is 11.2 Å². The molecule has 1 fully saturated rings. The molecule has 0 aromatic carbocycles. The SMILES string of the molecule is C=C[C@@H]1C(O)OC=C2C(=O)OCC[C@@]21O. The molecule has 0 aromatic rings. The molecule has 1 unspecified atom stereocenters. The van der Waals surface area contributed by atoms with Crippen molar-refractivity contribution in [3.05, 3.63) is 24.5 Å². The van der Waals surface area contributed by atoms with Gasteiger partial charge in [0, 0.05) is 6.42 Å². The lowest BCUT2D eigenvalue weighted by Crippen LogP contribution is -2.53. The first kappa shape index (κ1) is 10.2. The van der Waals surface area contributed by atoms with E-state index in [0.717, 1.165) is 6.26 Å². The lowest BCUT2D eigenvalue weighted by Gasteiger charge is -2.42. The van der Waals surface area contributed by atoms with Crippen molar-refractivity contribution >= 4 is 5.97 Å². The summed E-state index contributed by atoms with van der Waals surface area (Å²) < 4.78 is 9.63. The quantitative estimate of drug-likeness (QED) is 0.461. The topological polar surface area (TPSA) is 76.0 Å². The van der Waals surface area contributed by atoms with Crippen LogP contribution in [-0.2, 0) is 14.3 Å². The van der Waals surface area contributed by atoms with Crippen LogP contribution in [0.5, 0.6) is 0 Å². The summed E-state index contributed by atoms with van der Waals surface area (Å²) in [6.45, 7) is 3.65. The molecule has 1 saturated heterocycles. The second-order valence-corrected chi connectivity index (χ2v) is 3.63. The number of carbonyl (C=O) groups excluding carboxylic acids is 1. The van der Waals surface area contributed by atoms with E-state index in [9.17, 15) is 15.0 Å². The third-order valence-electron chi connectivity index (χ3n) is 2.84. The number of hydrogen-bond donors (Lipinski definition) is 2. The molecular formula is C10H12O5. The number of rotatable bonds is 1. The summed E-state index contributed by atoms with van der Waals surface area (Å²) in [5, 5.41) is 19.8. The van der Waals surface area contributed by atoms with Gasteiger partial charge < -0.3 is 19.7 Å². The monoisotopic (exact) mass is 212 g/mol. The zero-order chi connectivity index (χ0) is 11.1. The highest BCUT2D eigenvalue weighted by molar-refractivity contribution is 5.91. The van der Waals surface area contributed by atoms with Gasteiger partial charge in [0.15, 0.2) is 0 Å². The third kappa shape index (κ3) is 1.35. The van der Waals surface area contributed by atoms with Crippen LogP contribution >= 0.6 is 0 Å². The van der Waals surface area contributed by atoms with E-state index >= 15 is 0 Å². The fraction of sp³-hybridized carbons (Fsp3) is 0.500. The largest absolute Gasteiger partial charge is 0.471 e. The second kappa shape index (κ2) is 3.36. The van der Waals surface area contributed by atoms with E-state index in [1.807, 2.05) is 0 Å². The van der Waals surface area contributed by atoms with Crippen molar-refractivity contribution in [1.29, 1.82) is 0 Å². The summed E-state index contributed by atoms with van der Waals surface area (Å²) in [5.41, 5.74) is -1.38. The lowest BCUT2D eigenvalue weighted by atomic mass is 9.76. The van der Waals surface area contributed by atoms with Crippen molar-refractivity contribution in [1.82, 2.24) is 0 Å². The van der Waals surface area contributed by atoms with Crippen LogP contribution in [0.15, 0.2) is 24.5 Å². The number of fused-ring (bicyclic) bond motifs is 1. The summed E-state index contributed by atoms with van der Waals surface area (Å²) in [6.07, 6.45) is 1.51. The van der Waals surface area contributed by atoms with E-state index in [1.165, 1.54) is 6.08 Å². The van der Waals surface area contributed by atoms with Crippen molar-refractivity contribution in [3.8, 4) is 0 Å². The molecule has 15 heavy (non-hydrogen) atoms. The number of cyclic esters (lactones) is 1. The highest BCUT2D eigenvalue weighted by atomic mass is 16.6. The average Bonchev–Trinajstić information content (AvgIpc) is 2.17. The normalized spacial score (nSPS) is 39.6. The number of aliphatic hydroxyl groups excluding tert-OH is 1. The highest BCUT2D eigenvalue weighted by Crippen LogP contribution is 2.39. The van der Waals surface area contributed by atoms with Crippen molar-refractivity contribution < 1.29 is 24.5 Å². The van der Waals surface area contributed by atoms with Crippen molar-refractivity contribution in [3.63, 3.8) is 0 Å². The number of hydrogen-bond acceptors (Lipinski definition) is 5. The van der Waals surface area contributed by atoms with E-state index in [2.05, 4.69) is 6.58 Å². The molecule has 2 aliphatic heterocycles. The fourth-order valence-corrected chi connectivity index (χ4v) is 1.95. The minimum absolute atomic E-state index is 0.0453. The maximum atomic E-state index is 11.4. The molecule has 0 bridgehead atoms. The van der Waals surface area contributed by atoms with Gasteiger partial charge in [-0.25, -0.2) is 4.79 Å². The maximum Gasteiger partial charge on any atom is 0.340 e. The molecule has 82 valence electrons. The summed E-state index contributed by atoms with van der Waals surface area (Å²) in [7, 11) is 0. The highest BCUT2D eigenvalue weighted by Gasteiger charge is 2.51. The molecule has 5 nitrogen and oxygen atoms in total. The van der Waals surface area contributed by atoms with Gasteiger partial charge in [0.05, 0.1) is 18.8 Å². The molecule has 0 amide bonds. The molecule has 2 heterocycles. The van der Waals surface area contributed by atoms with Crippen LogP contribution in [0.4, 0.5) is 0 Å². The first-order chi connectivity index (χ1) is 7.09. The van der Waals surface area contributed by atoms with E-state index in [0.29, 0.717) is 0 Å². The summed E-state index contributed by atoms with van der Waals surface area (Å²) in [4.78, 5) is 11.4. The first-order valence-electron chi connectivity index (χ1n) is 4.66. The van der Waals surface area contributed by atoms with Crippen LogP contribution in [0.25, 0.3) is 0 Å². The first-order valence-corrected chi connectivity index (χ1v) is 4.66. The van der Waals surface area contributed by atoms with Crippen LogP contribution in [-0.4, -0.2) is 34.7 Å². The Morgan fingerprint density at radius 3 is 3.07 bits per heavy atom. The van der Waals surface area contributed by atoms with Gasteiger partial charge in [0.2, 0.25) is 6.29 Å². The van der Waals surface area contributed by atoms with E-state index in [4.69, 9.17) is 9.47 Å². The summed E-state index contributed by atoms with van der Waals surface area (Å²) in [5.74, 6) is -1.33. The third-order valence-corrected chi connectivity index (χ3v) is 2.84. The smallest absolute Gasteiger partial charge is 0.340 e. The van der Waals surface area contributed by atoms with Gasteiger partial charge in [-0.05, 0) is 0 Å². The minimum Gasteiger partial charge on any atom is -0.471 e. The molecule has 2 N–H and O–H groups in total. The predicted molar refractivity (Wildman–Crippen MR) is 49.4 cm³/mol. The predicted octanol–water partition coefficient (Wildman–Crippen LogP) is -0.301. The Balaban J connectivity index is 2.43. The standard InChI is InChI=1S/C10H12O5/c1-2-6-8(11)15-5-7-9(12)14-4-3-10(6,7)13/h2,5-6,8,11,13H,1,3-4H2/t6-,8?,10+/m1/s1. The minimum atomic E-state index is -1.42. The Morgan fingerprint density at radius 1 is 1.67 bits per heavy atom. The van der Waals surface area contributed by atoms with Crippen molar-refractivity contribution in [2.75, 3.05) is 6.61 Å². The number of carbonyl (C=O) groups is 1. The molecule has 5 heteroatoms. The van der Waals surface area contributed by atoms with Gasteiger partial charge in [-0.15, -0.1) is 6.58 Å². The Morgan fingerprint density at radius 2 is 2.40 bits per heavy atom. The number of aliphatic hydroxyl groups is 2. The molecule has 2 rings (SSSR count). The van der Waals surface area contributed by atoms with E-state index in [1.54, 1.807) is 0 Å². The Hall–Kier alpha value is -1.33. The molecule has 0 radical (unpaired) electrons. The fourth-order valence-electron chi connectivity index (χ4n) is 1.95. The van der Waals surface area contributed by atoms with Crippen LogP contribution in [0.3, 0.4) is 0 Å². The molecule has 0 spiro atoms. The number of esters is 1. The molecule has 0 saturated carbocycles. The van der Waals surface area contributed by atoms with Crippen LogP contribution in [0.1, 0.15) is 6.42 Å². The Labute approximate surface area is 86.6 Å². The van der Waals surface area contributed by atoms with E-state index in [-0.39, 0.29) is 18.6 Å². The van der Waals surface area contributed by atoms with E-state index < -0.39 is 23.8 Å². The molecule has 3 atom stereocenters. The van der Waals surface area contributed by atoms with Crippen LogP contribution in [0, 0.1) is 5.92 Å². The summed E-state index contributed by atoms with van der Waals surface area (Å²) >= 11 is 0. The number of ether oxygens (including phenoxy) is 2. The zero-order valence-corrected chi connectivity index (χ0v) is 8.05.